The summed E-state index contributed by atoms with van der Waals surface area (Å²) in [5.41, 5.74) is 0.772. The maximum Gasteiger partial charge on any atom is 0.323 e. The van der Waals surface area contributed by atoms with Crippen LogP contribution in [0.1, 0.15) is 25.0 Å². The summed E-state index contributed by atoms with van der Waals surface area (Å²) in [6.07, 6.45) is 2.98. The van der Waals surface area contributed by atoms with Crippen molar-refractivity contribution in [2.45, 2.75) is 31.4 Å². The van der Waals surface area contributed by atoms with Crippen LogP contribution in [-0.2, 0) is 9.84 Å². The Morgan fingerprint density at radius 1 is 1.35 bits per heavy atom. The van der Waals surface area contributed by atoms with Crippen molar-refractivity contribution in [2.75, 3.05) is 31.8 Å². The summed E-state index contributed by atoms with van der Waals surface area (Å²) in [5, 5.41) is 2.39. The number of carbonyl (C=O) groups is 1. The number of aryl methyl sites for hydroxylation is 1. The Hall–Kier alpha value is -1.83. The summed E-state index contributed by atoms with van der Waals surface area (Å²) < 4.78 is 28.6. The number of hydrogen-bond donors (Lipinski definition) is 1. The second-order valence-electron chi connectivity index (χ2n) is 5.80. The zero-order valence-corrected chi connectivity index (χ0v) is 14.5. The Morgan fingerprint density at radius 2 is 2.09 bits per heavy atom. The number of amides is 2. The monoisotopic (exact) mass is 341 g/mol. The minimum atomic E-state index is -3.06. The van der Waals surface area contributed by atoms with Gasteiger partial charge >= 0.3 is 6.03 Å². The first kappa shape index (κ1) is 17.5. The highest BCUT2D eigenvalue weighted by atomic mass is 32.2. The zero-order chi connectivity index (χ0) is 17.0. The molecule has 8 heteroatoms. The standard InChI is InChI=1S/C15H23N3O4S/c1-11-6-7-13(22-2)14(16-11)17-15(19)18-9-4-5-12(8-10-18)23(3,20)21/h6-7,12H,4-5,8-10H2,1-3H3,(H,16,17,19). The van der Waals surface area contributed by atoms with Crippen molar-refractivity contribution >= 4 is 21.7 Å². The molecule has 2 rings (SSSR count). The topological polar surface area (TPSA) is 88.6 Å². The lowest BCUT2D eigenvalue weighted by atomic mass is 10.2. The molecular formula is C15H23N3O4S. The molecule has 0 radical (unpaired) electrons. The van der Waals surface area contributed by atoms with Gasteiger partial charge in [0.2, 0.25) is 0 Å². The van der Waals surface area contributed by atoms with Crippen LogP contribution >= 0.6 is 0 Å². The lowest BCUT2D eigenvalue weighted by molar-refractivity contribution is 0.213. The van der Waals surface area contributed by atoms with E-state index in [-0.39, 0.29) is 11.3 Å². The van der Waals surface area contributed by atoms with Crippen molar-refractivity contribution < 1.29 is 17.9 Å². The molecule has 1 saturated heterocycles. The Morgan fingerprint density at radius 3 is 2.74 bits per heavy atom. The van der Waals surface area contributed by atoms with E-state index in [0.29, 0.717) is 43.9 Å². The second kappa shape index (κ2) is 7.16. The minimum Gasteiger partial charge on any atom is -0.493 e. The molecule has 0 saturated carbocycles. The third-order valence-corrected chi connectivity index (χ3v) is 5.69. The molecule has 0 aliphatic carbocycles. The smallest absolute Gasteiger partial charge is 0.323 e. The Kier molecular flexibility index (Phi) is 5.46. The third kappa shape index (κ3) is 4.57. The number of aromatic nitrogens is 1. The third-order valence-electron chi connectivity index (χ3n) is 4.01. The number of nitrogens with one attached hydrogen (secondary N) is 1. The number of urea groups is 1. The molecule has 1 atom stereocenters. The first-order valence-corrected chi connectivity index (χ1v) is 9.53. The molecule has 0 bridgehead atoms. The highest BCUT2D eigenvalue weighted by Gasteiger charge is 2.26. The molecule has 1 aromatic heterocycles. The molecule has 7 nitrogen and oxygen atoms in total. The number of likely N-dealkylation sites (tertiary alicyclic amines) is 1. The number of anilines is 1. The fraction of sp³-hybridized carbons (Fsp3) is 0.600. The van der Waals surface area contributed by atoms with E-state index >= 15 is 0 Å². The summed E-state index contributed by atoms with van der Waals surface area (Å²) >= 11 is 0. The van der Waals surface area contributed by atoms with Gasteiger partial charge in [-0.25, -0.2) is 18.2 Å². The summed E-state index contributed by atoms with van der Waals surface area (Å²) in [6, 6.07) is 3.27. The molecule has 1 aliphatic rings. The van der Waals surface area contributed by atoms with Crippen molar-refractivity contribution in [1.29, 1.82) is 0 Å². The van der Waals surface area contributed by atoms with Crippen molar-refractivity contribution in [3.63, 3.8) is 0 Å². The molecule has 2 heterocycles. The van der Waals surface area contributed by atoms with Gasteiger partial charge in [-0.05, 0) is 38.3 Å². The van der Waals surface area contributed by atoms with E-state index in [0.717, 1.165) is 5.69 Å². The lowest BCUT2D eigenvalue weighted by Crippen LogP contribution is -2.36. The maximum absolute atomic E-state index is 12.4. The van der Waals surface area contributed by atoms with Crippen LogP contribution in [-0.4, -0.2) is 56.0 Å². The minimum absolute atomic E-state index is 0.282. The van der Waals surface area contributed by atoms with Crippen LogP contribution in [0.3, 0.4) is 0 Å². The number of methoxy groups -OCH3 is 1. The van der Waals surface area contributed by atoms with Crippen LogP contribution in [0.5, 0.6) is 5.75 Å². The van der Waals surface area contributed by atoms with Gasteiger partial charge in [-0.1, -0.05) is 0 Å². The number of sulfone groups is 1. The van der Waals surface area contributed by atoms with E-state index in [2.05, 4.69) is 10.3 Å². The SMILES string of the molecule is COc1ccc(C)nc1NC(=O)N1CCCC(S(C)(=O)=O)CC1. The largest absolute Gasteiger partial charge is 0.493 e. The van der Waals surface area contributed by atoms with Gasteiger partial charge in [0, 0.05) is 25.0 Å². The fourth-order valence-electron chi connectivity index (χ4n) is 2.68. The normalized spacial score (nSPS) is 19.1. The van der Waals surface area contributed by atoms with Crippen LogP contribution in [0.25, 0.3) is 0 Å². The van der Waals surface area contributed by atoms with E-state index in [4.69, 9.17) is 4.74 Å². The molecule has 1 aromatic rings. The highest BCUT2D eigenvalue weighted by molar-refractivity contribution is 7.91. The zero-order valence-electron chi connectivity index (χ0n) is 13.7. The van der Waals surface area contributed by atoms with Gasteiger partial charge in [0.1, 0.15) is 9.84 Å². The van der Waals surface area contributed by atoms with Gasteiger partial charge in [-0.3, -0.25) is 5.32 Å². The van der Waals surface area contributed by atoms with Gasteiger partial charge in [0.15, 0.2) is 11.6 Å². The van der Waals surface area contributed by atoms with Gasteiger partial charge in [0.25, 0.3) is 0 Å². The summed E-state index contributed by atoms with van der Waals surface area (Å²) in [6.45, 7) is 2.78. The first-order chi connectivity index (χ1) is 10.8. The predicted octanol–water partition coefficient (Wildman–Crippen LogP) is 1.83. The Labute approximate surface area is 137 Å². The van der Waals surface area contributed by atoms with Crippen LogP contribution in [0.15, 0.2) is 12.1 Å². The number of pyridine rings is 1. The highest BCUT2D eigenvalue weighted by Crippen LogP contribution is 2.23. The van der Waals surface area contributed by atoms with E-state index in [1.54, 1.807) is 17.0 Å². The fourth-order valence-corrected chi connectivity index (χ4v) is 3.80. The molecule has 1 unspecified atom stereocenters. The number of hydrogen-bond acceptors (Lipinski definition) is 5. The van der Waals surface area contributed by atoms with Gasteiger partial charge in [0.05, 0.1) is 12.4 Å². The van der Waals surface area contributed by atoms with Crippen molar-refractivity contribution in [1.82, 2.24) is 9.88 Å². The van der Waals surface area contributed by atoms with Crippen molar-refractivity contribution in [3.8, 4) is 5.75 Å². The van der Waals surface area contributed by atoms with Crippen LogP contribution in [0.2, 0.25) is 0 Å². The van der Waals surface area contributed by atoms with E-state index in [9.17, 15) is 13.2 Å². The maximum atomic E-state index is 12.4. The average molecular weight is 341 g/mol. The molecule has 1 N–H and O–H groups in total. The van der Waals surface area contributed by atoms with E-state index < -0.39 is 9.84 Å². The van der Waals surface area contributed by atoms with Gasteiger partial charge in [-0.2, -0.15) is 0 Å². The number of carbonyl (C=O) groups excluding carboxylic acids is 1. The molecule has 128 valence electrons. The Balaban J connectivity index is 2.05. The molecule has 2 amide bonds. The summed E-state index contributed by atoms with van der Waals surface area (Å²) in [5.74, 6) is 0.870. The second-order valence-corrected chi connectivity index (χ2v) is 8.13. The molecule has 0 aromatic carbocycles. The number of rotatable bonds is 3. The quantitative estimate of drug-likeness (QED) is 0.906. The predicted molar refractivity (Wildman–Crippen MR) is 88.6 cm³/mol. The lowest BCUT2D eigenvalue weighted by Gasteiger charge is -2.21. The molecular weight excluding hydrogens is 318 g/mol. The first-order valence-electron chi connectivity index (χ1n) is 7.57. The van der Waals surface area contributed by atoms with Crippen LogP contribution in [0, 0.1) is 6.92 Å². The molecule has 1 fully saturated rings. The van der Waals surface area contributed by atoms with Crippen molar-refractivity contribution in [3.05, 3.63) is 17.8 Å². The van der Waals surface area contributed by atoms with Crippen molar-refractivity contribution in [2.24, 2.45) is 0 Å². The van der Waals surface area contributed by atoms with E-state index in [1.165, 1.54) is 13.4 Å². The molecule has 0 spiro atoms. The molecule has 23 heavy (non-hydrogen) atoms. The van der Waals surface area contributed by atoms with Gasteiger partial charge in [-0.15, -0.1) is 0 Å². The van der Waals surface area contributed by atoms with E-state index in [1.807, 2.05) is 6.92 Å². The molecule has 1 aliphatic heterocycles. The van der Waals surface area contributed by atoms with Crippen LogP contribution in [0.4, 0.5) is 10.6 Å². The average Bonchev–Trinajstić information content (AvgIpc) is 2.73. The number of ether oxygens (including phenoxy) is 1. The Bertz CT molecular complexity index is 675. The van der Waals surface area contributed by atoms with Gasteiger partial charge < -0.3 is 9.64 Å². The van der Waals surface area contributed by atoms with Crippen LogP contribution < -0.4 is 10.1 Å². The number of nitrogens with zero attached hydrogens (tertiary/aromatic N) is 2. The summed E-state index contributed by atoms with van der Waals surface area (Å²) in [7, 11) is -1.55. The summed E-state index contributed by atoms with van der Waals surface area (Å²) in [4.78, 5) is 18.3.